The van der Waals surface area contributed by atoms with Gasteiger partial charge < -0.3 is 30.4 Å². The summed E-state index contributed by atoms with van der Waals surface area (Å²) in [4.78, 5) is 63.0. The number of nitrogens with one attached hydrogen (secondary N) is 2. The largest absolute Gasteiger partial charge is 2.00 e. The SMILES string of the molecule is CC#N.CC#N.CC#N.CC#N.CC#N.[O-]C([O-])=C1N=CN=C1c1nc2ccccc2[nH]1.[O-]C([O-])=C1N=CN=C1c1nc2ccccc2[nH]1.[Ru+2].[Ru+2].c1ccc(-c2ccccn2)nc1.c1ccc(-c2ccccn2)nc1.c1ccc(-c2ccccn2)nc1.c1ccc(-c2ccccn2)nc1. The molecular weight excluding hydrogens is 1430 g/mol. The number of rotatable bonds is 6. The number of allylic oxidation sites excluding steroid dienone is 2. The molecule has 2 aromatic carbocycles. The van der Waals surface area contributed by atoms with Crippen molar-refractivity contribution in [3.63, 3.8) is 0 Å². The van der Waals surface area contributed by atoms with Gasteiger partial charge in [-0.25, -0.2) is 29.9 Å². The van der Waals surface area contributed by atoms with E-state index in [0.717, 1.165) is 67.6 Å². The summed E-state index contributed by atoms with van der Waals surface area (Å²) in [5.74, 6) is -1.97. The number of nitrogens with zero attached hydrogens (tertiary/aromatic N) is 19. The molecule has 0 amide bonds. The molecule has 0 saturated heterocycles. The summed E-state index contributed by atoms with van der Waals surface area (Å²) in [6, 6.07) is 69.9. The summed E-state index contributed by atoms with van der Waals surface area (Å²) < 4.78 is 0. The second-order valence-electron chi connectivity index (χ2n) is 17.8. The van der Waals surface area contributed by atoms with Crippen molar-refractivity contribution in [2.45, 2.75) is 34.6 Å². The monoisotopic (exact) mass is 1490 g/mol. The van der Waals surface area contributed by atoms with E-state index in [1.165, 1.54) is 47.3 Å². The number of aromatic nitrogens is 12. The average Bonchev–Trinajstić information content (AvgIpc) is 1.67. The Bertz CT molecular complexity index is 3960. The fraction of sp³-hybridized carbons (Fsp3) is 0.0694. The fourth-order valence-electron chi connectivity index (χ4n) is 7.42. The Morgan fingerprint density at radius 2 is 0.495 bits per heavy atom. The molecule has 2 aliphatic heterocycles. The van der Waals surface area contributed by atoms with Crippen molar-refractivity contribution in [3.05, 3.63) is 279 Å². The van der Waals surface area contributed by atoms with Crippen molar-refractivity contribution in [2.75, 3.05) is 0 Å². The molecule has 10 aromatic heterocycles. The normalized spacial score (nSPS) is 10.0. The molecule has 492 valence electrons. The minimum Gasteiger partial charge on any atom is -0.882 e. The van der Waals surface area contributed by atoms with E-state index in [1.807, 2.05) is 194 Å². The van der Waals surface area contributed by atoms with Crippen LogP contribution in [-0.2, 0) is 39.0 Å². The van der Waals surface area contributed by atoms with Crippen molar-refractivity contribution < 1.29 is 59.4 Å². The minimum atomic E-state index is -1.36. The van der Waals surface area contributed by atoms with Crippen LogP contribution in [0.5, 0.6) is 0 Å². The molecule has 0 aliphatic carbocycles. The second kappa shape index (κ2) is 49.3. The zero-order chi connectivity index (χ0) is 70.1. The number of H-pyrrole nitrogens is 2. The van der Waals surface area contributed by atoms with Crippen LogP contribution in [0.3, 0.4) is 0 Å². The third kappa shape index (κ3) is 29.2. The number of benzene rings is 2. The van der Waals surface area contributed by atoms with Gasteiger partial charge in [0.05, 0.1) is 109 Å². The number of hydrogen-bond donors (Lipinski definition) is 2. The van der Waals surface area contributed by atoms with Gasteiger partial charge in [-0.1, -0.05) is 72.8 Å². The molecular formula is C72H59N21O4Ru2. The molecule has 0 radical (unpaired) electrons. The van der Waals surface area contributed by atoms with Gasteiger partial charge in [-0.15, -0.1) is 0 Å². The van der Waals surface area contributed by atoms with Gasteiger partial charge >= 0.3 is 39.0 Å². The van der Waals surface area contributed by atoms with Crippen molar-refractivity contribution in [2.24, 2.45) is 20.0 Å². The van der Waals surface area contributed by atoms with Crippen molar-refractivity contribution in [1.29, 1.82) is 26.3 Å². The van der Waals surface area contributed by atoms with Gasteiger partial charge in [0.1, 0.15) is 24.1 Å². The molecule has 25 nitrogen and oxygen atoms in total. The molecule has 0 unspecified atom stereocenters. The number of nitriles is 5. The molecule has 0 atom stereocenters. The number of fused-ring (bicyclic) bond motifs is 2. The van der Waals surface area contributed by atoms with E-state index in [0.29, 0.717) is 11.6 Å². The van der Waals surface area contributed by atoms with Gasteiger partial charge in [-0.2, -0.15) is 38.2 Å². The topological polar surface area (TPSA) is 421 Å². The number of hydrogen-bond acceptors (Lipinski definition) is 23. The number of imidazole rings is 2. The van der Waals surface area contributed by atoms with Crippen LogP contribution in [0.1, 0.15) is 46.3 Å². The van der Waals surface area contributed by atoms with Crippen molar-refractivity contribution in [1.82, 2.24) is 59.8 Å². The van der Waals surface area contributed by atoms with E-state index < -0.39 is 11.9 Å². The minimum absolute atomic E-state index is 0. The molecule has 12 aromatic rings. The summed E-state index contributed by atoms with van der Waals surface area (Å²) in [6.45, 7) is 7.15. The predicted octanol–water partition coefficient (Wildman–Crippen LogP) is 9.79. The molecule has 0 saturated carbocycles. The van der Waals surface area contributed by atoms with Gasteiger partial charge in [0, 0.05) is 84.2 Å². The molecule has 12 heterocycles. The van der Waals surface area contributed by atoms with Crippen LogP contribution in [-0.4, -0.2) is 83.9 Å². The van der Waals surface area contributed by atoms with Crippen LogP contribution in [0, 0.1) is 56.7 Å². The molecule has 0 fully saturated rings. The van der Waals surface area contributed by atoms with Gasteiger partial charge in [-0.3, -0.25) is 39.9 Å². The summed E-state index contributed by atoms with van der Waals surface area (Å²) >= 11 is 0. The van der Waals surface area contributed by atoms with E-state index >= 15 is 0 Å². The zero-order valence-electron chi connectivity index (χ0n) is 53.6. The fourth-order valence-corrected chi connectivity index (χ4v) is 7.42. The first-order valence-corrected chi connectivity index (χ1v) is 28.6. The first kappa shape index (κ1) is 81.7. The summed E-state index contributed by atoms with van der Waals surface area (Å²) in [5, 5.41) is 79.9. The average molecular weight is 1480 g/mol. The van der Waals surface area contributed by atoms with Gasteiger partial charge in [0.2, 0.25) is 0 Å². The predicted molar refractivity (Wildman–Crippen MR) is 363 cm³/mol. The summed E-state index contributed by atoms with van der Waals surface area (Å²) in [5.41, 5.74) is 10.4. The Labute approximate surface area is 597 Å². The molecule has 0 spiro atoms. The number of aromatic amines is 2. The maximum absolute atomic E-state index is 10.8. The Kier molecular flexibility index (Phi) is 40.7. The van der Waals surface area contributed by atoms with E-state index in [1.54, 1.807) is 79.9 Å². The Balaban J connectivity index is 0.000000388. The van der Waals surface area contributed by atoms with Gasteiger partial charge in [0.15, 0.2) is 11.6 Å². The maximum atomic E-state index is 10.8. The first-order valence-electron chi connectivity index (χ1n) is 28.6. The first-order chi connectivity index (χ1) is 47.4. The number of para-hydroxylation sites is 4. The van der Waals surface area contributed by atoms with E-state index in [2.05, 4.69) is 79.8 Å². The Hall–Kier alpha value is -13.4. The molecule has 27 heteroatoms. The van der Waals surface area contributed by atoms with Crippen LogP contribution in [0.15, 0.2) is 287 Å². The van der Waals surface area contributed by atoms with Crippen molar-refractivity contribution >= 4 is 46.2 Å². The van der Waals surface area contributed by atoms with Crippen LogP contribution < -0.4 is 20.4 Å². The molecule has 99 heavy (non-hydrogen) atoms. The third-order valence-electron chi connectivity index (χ3n) is 11.2. The zero-order valence-corrected chi connectivity index (χ0v) is 57.1. The molecule has 0 bridgehead atoms. The smallest absolute Gasteiger partial charge is 0.882 e. The summed E-state index contributed by atoms with van der Waals surface area (Å²) in [6.07, 6.45) is 16.5. The quantitative estimate of drug-likeness (QED) is 0.115. The Morgan fingerprint density at radius 3 is 0.667 bits per heavy atom. The van der Waals surface area contributed by atoms with Crippen LogP contribution in [0.25, 0.3) is 67.6 Å². The van der Waals surface area contributed by atoms with Crippen LogP contribution >= 0.6 is 0 Å². The van der Waals surface area contributed by atoms with Crippen LogP contribution in [0.4, 0.5) is 0 Å². The summed E-state index contributed by atoms with van der Waals surface area (Å²) in [7, 11) is 0. The van der Waals surface area contributed by atoms with Crippen molar-refractivity contribution in [3.8, 4) is 75.9 Å². The number of aliphatic imine (C=N–C) groups is 4. The van der Waals surface area contributed by atoms with E-state index in [-0.39, 0.29) is 61.8 Å². The molecule has 2 aliphatic rings. The van der Waals surface area contributed by atoms with Crippen LogP contribution in [0.2, 0.25) is 0 Å². The van der Waals surface area contributed by atoms with Gasteiger partial charge in [0.25, 0.3) is 0 Å². The maximum Gasteiger partial charge on any atom is 2.00 e. The second-order valence-corrected chi connectivity index (χ2v) is 17.8. The van der Waals surface area contributed by atoms with E-state index in [9.17, 15) is 20.4 Å². The van der Waals surface area contributed by atoms with E-state index in [4.69, 9.17) is 26.3 Å². The molecule has 2 N–H and O–H groups in total. The number of pyridine rings is 8. The van der Waals surface area contributed by atoms with Gasteiger partial charge in [-0.05, 0) is 121 Å². The molecule has 14 rings (SSSR count). The third-order valence-corrected chi connectivity index (χ3v) is 11.2. The standard InChI is InChI=1S/2C11H8N4O2.4C10H8N2.5C2H3N.2Ru/c2*16-11(17)9-8(12-5-13-9)10-14-6-3-1-2-4-7(6)15-10;4*1-3-7-11-9(5-1)10-6-2-4-8-12-10;5*1-2-3;;/h2*1-5,16-17H,(H,14,15);4*1-8H;5*1H3;;/q;;;;;;;;;;;2*+2/p-4. The Morgan fingerprint density at radius 1 is 0.303 bits per heavy atom.